The smallest absolute Gasteiger partial charge is 0.306 e. The van der Waals surface area contributed by atoms with Crippen molar-refractivity contribution in [2.75, 3.05) is 13.2 Å². The number of ether oxygens (including phenoxy) is 3. The number of esters is 3. The highest BCUT2D eigenvalue weighted by Gasteiger charge is 2.19. The van der Waals surface area contributed by atoms with Crippen LogP contribution in [0.4, 0.5) is 0 Å². The molecule has 6 nitrogen and oxygen atoms in total. The molecule has 58 heavy (non-hydrogen) atoms. The molecule has 334 valence electrons. The lowest BCUT2D eigenvalue weighted by atomic mass is 10.0. The molecular weight excluding hydrogens is 721 g/mol. The second kappa shape index (κ2) is 46.8. The zero-order valence-corrected chi connectivity index (χ0v) is 38.0. The summed E-state index contributed by atoms with van der Waals surface area (Å²) >= 11 is 0. The van der Waals surface area contributed by atoms with Crippen LogP contribution in [0.2, 0.25) is 0 Å². The van der Waals surface area contributed by atoms with Gasteiger partial charge in [-0.2, -0.15) is 0 Å². The molecule has 0 N–H and O–H groups in total. The van der Waals surface area contributed by atoms with E-state index >= 15 is 0 Å². The molecule has 0 bridgehead atoms. The molecule has 1 atom stereocenters. The second-order valence-corrected chi connectivity index (χ2v) is 16.0. The fourth-order valence-corrected chi connectivity index (χ4v) is 6.63. The average molecular weight is 811 g/mol. The lowest BCUT2D eigenvalue weighted by Gasteiger charge is -2.18. The van der Waals surface area contributed by atoms with Crippen molar-refractivity contribution in [3.63, 3.8) is 0 Å². The molecular formula is C52H90O6. The lowest BCUT2D eigenvalue weighted by molar-refractivity contribution is -0.167. The van der Waals surface area contributed by atoms with E-state index in [4.69, 9.17) is 14.2 Å². The summed E-state index contributed by atoms with van der Waals surface area (Å²) in [5.74, 6) is -0.981. The Bertz CT molecular complexity index is 1070. The van der Waals surface area contributed by atoms with Gasteiger partial charge in [-0.3, -0.25) is 14.4 Å². The molecule has 0 spiro atoms. The third-order valence-electron chi connectivity index (χ3n) is 10.3. The molecule has 0 aliphatic rings. The van der Waals surface area contributed by atoms with Crippen molar-refractivity contribution in [1.29, 1.82) is 0 Å². The van der Waals surface area contributed by atoms with Crippen LogP contribution in [0, 0.1) is 0 Å². The summed E-state index contributed by atoms with van der Waals surface area (Å²) in [6.45, 7) is 6.44. The maximum Gasteiger partial charge on any atom is 0.306 e. The summed E-state index contributed by atoms with van der Waals surface area (Å²) in [6, 6.07) is 0. The van der Waals surface area contributed by atoms with Gasteiger partial charge in [0.2, 0.25) is 0 Å². The molecule has 0 aliphatic heterocycles. The Labute approximate surface area is 358 Å². The molecule has 0 amide bonds. The summed E-state index contributed by atoms with van der Waals surface area (Å²) in [5, 5.41) is 0. The van der Waals surface area contributed by atoms with Gasteiger partial charge in [0.15, 0.2) is 6.10 Å². The zero-order chi connectivity index (χ0) is 42.3. The molecule has 0 aromatic rings. The summed E-state index contributed by atoms with van der Waals surface area (Å²) in [5.41, 5.74) is 0. The van der Waals surface area contributed by atoms with Gasteiger partial charge in [0.25, 0.3) is 0 Å². The Morgan fingerprint density at radius 1 is 0.379 bits per heavy atom. The van der Waals surface area contributed by atoms with Crippen molar-refractivity contribution in [2.24, 2.45) is 0 Å². The van der Waals surface area contributed by atoms with E-state index in [1.807, 2.05) is 0 Å². The average Bonchev–Trinajstić information content (AvgIpc) is 3.22. The predicted molar refractivity (Wildman–Crippen MR) is 247 cm³/mol. The van der Waals surface area contributed by atoms with Gasteiger partial charge in [0, 0.05) is 19.3 Å². The van der Waals surface area contributed by atoms with Crippen LogP contribution < -0.4 is 0 Å². The number of hydrogen-bond acceptors (Lipinski definition) is 6. The normalized spacial score (nSPS) is 12.5. The minimum absolute atomic E-state index is 0.102. The van der Waals surface area contributed by atoms with Gasteiger partial charge in [-0.05, 0) is 70.6 Å². The van der Waals surface area contributed by atoms with E-state index in [9.17, 15) is 14.4 Å². The molecule has 0 aromatic heterocycles. The fraction of sp³-hybridized carbons (Fsp3) is 0.750. The van der Waals surface area contributed by atoms with E-state index in [2.05, 4.69) is 81.5 Å². The van der Waals surface area contributed by atoms with E-state index < -0.39 is 6.10 Å². The molecule has 0 rings (SSSR count). The highest BCUT2D eigenvalue weighted by Crippen LogP contribution is 2.14. The van der Waals surface area contributed by atoms with E-state index in [1.165, 1.54) is 109 Å². The molecule has 1 unspecified atom stereocenters. The number of hydrogen-bond donors (Lipinski definition) is 0. The van der Waals surface area contributed by atoms with Crippen molar-refractivity contribution in [2.45, 2.75) is 239 Å². The van der Waals surface area contributed by atoms with Gasteiger partial charge < -0.3 is 14.2 Å². The van der Waals surface area contributed by atoms with Crippen LogP contribution >= 0.6 is 0 Å². The first kappa shape index (κ1) is 55.1. The third-order valence-corrected chi connectivity index (χ3v) is 10.3. The van der Waals surface area contributed by atoms with Gasteiger partial charge >= 0.3 is 17.9 Å². The summed E-state index contributed by atoms with van der Waals surface area (Å²) in [4.78, 5) is 37.8. The lowest BCUT2D eigenvalue weighted by Crippen LogP contribution is -2.30. The van der Waals surface area contributed by atoms with Crippen LogP contribution in [0.25, 0.3) is 0 Å². The fourth-order valence-electron chi connectivity index (χ4n) is 6.63. The molecule has 0 saturated heterocycles. The van der Waals surface area contributed by atoms with Crippen molar-refractivity contribution in [1.82, 2.24) is 0 Å². The van der Waals surface area contributed by atoms with E-state index in [0.29, 0.717) is 19.3 Å². The summed E-state index contributed by atoms with van der Waals surface area (Å²) < 4.78 is 16.7. The number of carbonyl (C=O) groups excluding carboxylic acids is 3. The Kier molecular flexibility index (Phi) is 44.5. The SMILES string of the molecule is CC/C=C\C/C=C\C/C=C\CCCC(=O)OCC(COC(=O)CCCCC/C=C\C=C/CCCCCCCCC)OC(=O)CCCCCCCCCCCCCCC. The van der Waals surface area contributed by atoms with Crippen molar-refractivity contribution in [3.8, 4) is 0 Å². The molecule has 0 fully saturated rings. The van der Waals surface area contributed by atoms with Crippen LogP contribution in [0.1, 0.15) is 233 Å². The molecule has 0 aromatic carbocycles. The van der Waals surface area contributed by atoms with Gasteiger partial charge in [-0.15, -0.1) is 0 Å². The van der Waals surface area contributed by atoms with Crippen molar-refractivity contribution >= 4 is 17.9 Å². The third kappa shape index (κ3) is 44.2. The molecule has 0 saturated carbocycles. The number of rotatable bonds is 43. The van der Waals surface area contributed by atoms with E-state index in [0.717, 1.165) is 77.0 Å². The highest BCUT2D eigenvalue weighted by molar-refractivity contribution is 5.71. The van der Waals surface area contributed by atoms with Crippen LogP contribution in [0.3, 0.4) is 0 Å². The maximum absolute atomic E-state index is 12.7. The van der Waals surface area contributed by atoms with Crippen LogP contribution in [-0.2, 0) is 28.6 Å². The molecule has 0 aliphatic carbocycles. The van der Waals surface area contributed by atoms with Crippen LogP contribution in [0.15, 0.2) is 60.8 Å². The number of carbonyl (C=O) groups is 3. The van der Waals surface area contributed by atoms with E-state index in [-0.39, 0.29) is 37.5 Å². The first-order valence-corrected chi connectivity index (χ1v) is 24.3. The second-order valence-electron chi connectivity index (χ2n) is 16.0. The first-order chi connectivity index (χ1) is 28.5. The number of allylic oxidation sites excluding steroid dienone is 10. The highest BCUT2D eigenvalue weighted by atomic mass is 16.6. The maximum atomic E-state index is 12.7. The zero-order valence-electron chi connectivity index (χ0n) is 38.0. The van der Waals surface area contributed by atoms with Crippen LogP contribution in [-0.4, -0.2) is 37.2 Å². The number of unbranched alkanes of at least 4 members (excludes halogenated alkanes) is 23. The predicted octanol–water partition coefficient (Wildman–Crippen LogP) is 15.7. The van der Waals surface area contributed by atoms with Crippen molar-refractivity contribution < 1.29 is 28.6 Å². The minimum atomic E-state index is -0.801. The monoisotopic (exact) mass is 811 g/mol. The summed E-state index contributed by atoms with van der Waals surface area (Å²) in [7, 11) is 0. The van der Waals surface area contributed by atoms with Gasteiger partial charge in [-0.1, -0.05) is 204 Å². The van der Waals surface area contributed by atoms with Gasteiger partial charge in [0.1, 0.15) is 13.2 Å². The van der Waals surface area contributed by atoms with Crippen LogP contribution in [0.5, 0.6) is 0 Å². The van der Waals surface area contributed by atoms with Crippen molar-refractivity contribution in [3.05, 3.63) is 60.8 Å². The Hall–Kier alpha value is -2.89. The quantitative estimate of drug-likeness (QED) is 0.0201. The standard InChI is InChI=1S/C52H90O6/c1-4-7-10-13-16-19-22-24-25-26-28-30-33-36-39-42-45-51(54)57-48-49(47-56-50(53)44-41-38-35-32-29-21-18-15-12-9-6-3)58-52(55)46-43-40-37-34-31-27-23-20-17-14-11-8-5-2/h9,12,18,21,25-26,28,30,32,35,49H,4-8,10-11,13-17,19-20,22-24,27,29,31,33-34,36-48H2,1-3H3/b12-9-,21-18-,26-25-,30-28-,35-32-. The Balaban J connectivity index is 4.45. The molecule has 6 heteroatoms. The van der Waals surface area contributed by atoms with Gasteiger partial charge in [-0.25, -0.2) is 0 Å². The van der Waals surface area contributed by atoms with E-state index in [1.54, 1.807) is 0 Å². The minimum Gasteiger partial charge on any atom is -0.462 e. The molecule has 0 radical (unpaired) electrons. The topological polar surface area (TPSA) is 78.9 Å². The Morgan fingerprint density at radius 3 is 1.22 bits per heavy atom. The largest absolute Gasteiger partial charge is 0.462 e. The Morgan fingerprint density at radius 2 is 0.741 bits per heavy atom. The summed E-state index contributed by atoms with van der Waals surface area (Å²) in [6.07, 6.45) is 56.4. The first-order valence-electron chi connectivity index (χ1n) is 24.3. The molecule has 0 heterocycles. The van der Waals surface area contributed by atoms with Gasteiger partial charge in [0.05, 0.1) is 0 Å².